The van der Waals surface area contributed by atoms with Crippen LogP contribution in [0.25, 0.3) is 11.5 Å². The summed E-state index contributed by atoms with van der Waals surface area (Å²) in [5.41, 5.74) is 1.21. The number of benzene rings is 1. The molecule has 1 aromatic carbocycles. The minimum Gasteiger partial charge on any atom is -0.494 e. The highest BCUT2D eigenvalue weighted by Gasteiger charge is 2.23. The normalized spacial score (nSPS) is 18.0. The van der Waals surface area contributed by atoms with Gasteiger partial charge in [0, 0.05) is 6.54 Å². The molecule has 1 amide bonds. The molecule has 0 aliphatic carbocycles. The molecule has 34 heavy (non-hydrogen) atoms. The molecule has 1 unspecified atom stereocenters. The number of halogens is 1. The van der Waals surface area contributed by atoms with E-state index >= 15 is 0 Å². The van der Waals surface area contributed by atoms with Crippen LogP contribution in [0.3, 0.4) is 0 Å². The number of amides is 1. The van der Waals surface area contributed by atoms with E-state index in [9.17, 15) is 9.18 Å². The Morgan fingerprint density at radius 2 is 2.03 bits per heavy atom. The van der Waals surface area contributed by atoms with Crippen LogP contribution in [0.5, 0.6) is 5.75 Å². The molecule has 3 heterocycles. The number of hydrogen-bond acceptors (Lipinski definition) is 9. The predicted octanol–water partition coefficient (Wildman–Crippen LogP) is 1.71. The van der Waals surface area contributed by atoms with E-state index in [0.29, 0.717) is 36.8 Å². The fourth-order valence-corrected chi connectivity index (χ4v) is 3.42. The summed E-state index contributed by atoms with van der Waals surface area (Å²) in [6.45, 7) is 5.29. The van der Waals surface area contributed by atoms with E-state index in [2.05, 4.69) is 37.6 Å². The molecule has 3 aromatic rings. The van der Waals surface area contributed by atoms with Crippen molar-refractivity contribution in [2.75, 3.05) is 20.3 Å². The summed E-state index contributed by atoms with van der Waals surface area (Å²) in [5.74, 6) is -0.123. The van der Waals surface area contributed by atoms with Crippen LogP contribution in [0.1, 0.15) is 35.2 Å². The average molecular weight is 471 g/mol. The van der Waals surface area contributed by atoms with Gasteiger partial charge in [-0.2, -0.15) is 4.80 Å². The standard InChI is InChI=1S/C22H26FN7O4/c1-4-15-11-34-16(12-33-15)10-30-28-21(27-29-30)18-8-19(26-13(2)25-18)22(31)24-9-14-5-6-17(23)20(7-14)32-3/h5-8,15-16H,4,9-12H2,1-3H3,(H,24,31)/t15-,16?/m1/s1. The van der Waals surface area contributed by atoms with Crippen LogP contribution in [0.15, 0.2) is 24.3 Å². The lowest BCUT2D eigenvalue weighted by Gasteiger charge is -2.28. The molecule has 1 N–H and O–H groups in total. The van der Waals surface area contributed by atoms with Crippen molar-refractivity contribution in [1.82, 2.24) is 35.5 Å². The van der Waals surface area contributed by atoms with Gasteiger partial charge in [-0.1, -0.05) is 13.0 Å². The van der Waals surface area contributed by atoms with Gasteiger partial charge in [-0.25, -0.2) is 14.4 Å². The van der Waals surface area contributed by atoms with Crippen molar-refractivity contribution in [1.29, 1.82) is 0 Å². The fourth-order valence-electron chi connectivity index (χ4n) is 3.42. The van der Waals surface area contributed by atoms with E-state index in [-0.39, 0.29) is 36.0 Å². The van der Waals surface area contributed by atoms with Gasteiger partial charge in [0.15, 0.2) is 11.6 Å². The van der Waals surface area contributed by atoms with Gasteiger partial charge in [0.1, 0.15) is 23.3 Å². The summed E-state index contributed by atoms with van der Waals surface area (Å²) >= 11 is 0. The first-order valence-electron chi connectivity index (χ1n) is 10.9. The number of tetrazole rings is 1. The summed E-state index contributed by atoms with van der Waals surface area (Å²) < 4.78 is 30.1. The second kappa shape index (κ2) is 10.6. The van der Waals surface area contributed by atoms with E-state index in [1.54, 1.807) is 13.0 Å². The summed E-state index contributed by atoms with van der Waals surface area (Å²) in [6, 6.07) is 5.88. The highest BCUT2D eigenvalue weighted by atomic mass is 19.1. The molecule has 180 valence electrons. The van der Waals surface area contributed by atoms with Crippen LogP contribution in [-0.2, 0) is 22.6 Å². The number of aromatic nitrogens is 6. The minimum atomic E-state index is -0.470. The third kappa shape index (κ3) is 5.69. The van der Waals surface area contributed by atoms with Crippen molar-refractivity contribution in [3.8, 4) is 17.3 Å². The largest absolute Gasteiger partial charge is 0.494 e. The highest BCUT2D eigenvalue weighted by Crippen LogP contribution is 2.18. The summed E-state index contributed by atoms with van der Waals surface area (Å²) in [4.78, 5) is 22.7. The molecule has 2 atom stereocenters. The Bertz CT molecular complexity index is 1150. The molecule has 1 saturated heterocycles. The quantitative estimate of drug-likeness (QED) is 0.522. The predicted molar refractivity (Wildman–Crippen MR) is 117 cm³/mol. The first-order chi connectivity index (χ1) is 16.4. The van der Waals surface area contributed by atoms with Crippen LogP contribution in [0.4, 0.5) is 4.39 Å². The molecule has 0 bridgehead atoms. The Hall–Kier alpha value is -3.51. The number of ether oxygens (including phenoxy) is 3. The molecule has 0 spiro atoms. The van der Waals surface area contributed by atoms with Crippen LogP contribution < -0.4 is 10.1 Å². The number of rotatable bonds is 8. The number of hydrogen-bond donors (Lipinski definition) is 1. The molecule has 12 heteroatoms. The van der Waals surface area contributed by atoms with Crippen molar-refractivity contribution in [2.24, 2.45) is 0 Å². The third-order valence-electron chi connectivity index (χ3n) is 5.28. The topological polar surface area (TPSA) is 126 Å². The van der Waals surface area contributed by atoms with Gasteiger partial charge >= 0.3 is 0 Å². The van der Waals surface area contributed by atoms with Gasteiger partial charge < -0.3 is 19.5 Å². The van der Waals surface area contributed by atoms with Crippen molar-refractivity contribution in [3.63, 3.8) is 0 Å². The van der Waals surface area contributed by atoms with Gasteiger partial charge in [-0.05, 0) is 42.3 Å². The Labute approximate surface area is 195 Å². The number of nitrogens with zero attached hydrogens (tertiary/aromatic N) is 6. The Kier molecular flexibility index (Phi) is 7.38. The Balaban J connectivity index is 1.41. The maximum absolute atomic E-state index is 13.6. The van der Waals surface area contributed by atoms with Crippen LogP contribution in [0, 0.1) is 12.7 Å². The molecular formula is C22H26FN7O4. The van der Waals surface area contributed by atoms with E-state index < -0.39 is 11.7 Å². The second-order valence-corrected chi connectivity index (χ2v) is 7.82. The zero-order valence-electron chi connectivity index (χ0n) is 19.2. The molecule has 1 aliphatic heterocycles. The van der Waals surface area contributed by atoms with Gasteiger partial charge in [0.05, 0.1) is 33.0 Å². The lowest BCUT2D eigenvalue weighted by molar-refractivity contribution is -0.139. The fraction of sp³-hybridized carbons (Fsp3) is 0.455. The molecule has 1 aliphatic rings. The monoisotopic (exact) mass is 471 g/mol. The number of nitrogens with one attached hydrogen (secondary N) is 1. The van der Waals surface area contributed by atoms with Gasteiger partial charge in [0.2, 0.25) is 5.82 Å². The molecule has 4 rings (SSSR count). The van der Waals surface area contributed by atoms with Crippen molar-refractivity contribution in [3.05, 3.63) is 47.2 Å². The van der Waals surface area contributed by atoms with Crippen molar-refractivity contribution in [2.45, 2.75) is 45.6 Å². The van der Waals surface area contributed by atoms with E-state index in [1.807, 2.05) is 0 Å². The lowest BCUT2D eigenvalue weighted by Crippen LogP contribution is -2.38. The smallest absolute Gasteiger partial charge is 0.270 e. The summed E-state index contributed by atoms with van der Waals surface area (Å²) in [6.07, 6.45) is 0.858. The molecular weight excluding hydrogens is 445 g/mol. The van der Waals surface area contributed by atoms with Crippen LogP contribution >= 0.6 is 0 Å². The minimum absolute atomic E-state index is 0.108. The van der Waals surface area contributed by atoms with Crippen molar-refractivity contribution >= 4 is 5.91 Å². The first-order valence-corrected chi connectivity index (χ1v) is 10.9. The van der Waals surface area contributed by atoms with Crippen LogP contribution in [0.2, 0.25) is 0 Å². The Morgan fingerprint density at radius 3 is 2.76 bits per heavy atom. The molecule has 0 saturated carbocycles. The SMILES string of the molecule is CC[C@@H]1COC(Cn2nnc(-c3cc(C(=O)NCc4ccc(F)c(OC)c4)nc(C)n3)n2)CO1. The van der Waals surface area contributed by atoms with E-state index in [4.69, 9.17) is 14.2 Å². The second-order valence-electron chi connectivity index (χ2n) is 7.82. The maximum Gasteiger partial charge on any atom is 0.270 e. The molecule has 11 nitrogen and oxygen atoms in total. The zero-order valence-corrected chi connectivity index (χ0v) is 19.2. The first kappa shape index (κ1) is 23.6. The Morgan fingerprint density at radius 1 is 1.24 bits per heavy atom. The van der Waals surface area contributed by atoms with Gasteiger partial charge in [-0.3, -0.25) is 4.79 Å². The average Bonchev–Trinajstić information content (AvgIpc) is 3.32. The van der Waals surface area contributed by atoms with Gasteiger partial charge in [0.25, 0.3) is 5.91 Å². The number of carbonyl (C=O) groups excluding carboxylic acids is 1. The molecule has 0 radical (unpaired) electrons. The lowest BCUT2D eigenvalue weighted by atomic mass is 10.2. The van der Waals surface area contributed by atoms with Gasteiger partial charge in [-0.15, -0.1) is 10.2 Å². The van der Waals surface area contributed by atoms with E-state index in [1.165, 1.54) is 30.1 Å². The number of methoxy groups -OCH3 is 1. The maximum atomic E-state index is 13.6. The zero-order chi connectivity index (χ0) is 24.1. The number of carbonyl (C=O) groups is 1. The molecule has 1 fully saturated rings. The summed E-state index contributed by atoms with van der Waals surface area (Å²) in [5, 5.41) is 15.2. The van der Waals surface area contributed by atoms with Crippen molar-refractivity contribution < 1.29 is 23.4 Å². The molecule has 2 aromatic heterocycles. The highest BCUT2D eigenvalue weighted by molar-refractivity contribution is 5.93. The van der Waals surface area contributed by atoms with E-state index in [0.717, 1.165) is 6.42 Å². The summed E-state index contributed by atoms with van der Waals surface area (Å²) in [7, 11) is 1.38. The third-order valence-corrected chi connectivity index (χ3v) is 5.28. The number of aryl methyl sites for hydroxylation is 1. The van der Waals surface area contributed by atoms with Crippen LogP contribution in [-0.4, -0.2) is 68.6 Å².